The minimum atomic E-state index is -0.711. The van der Waals surface area contributed by atoms with Crippen molar-refractivity contribution in [3.05, 3.63) is 64.5 Å². The highest BCUT2D eigenvalue weighted by atomic mass is 16.5. The number of nitrogens with two attached hydrogens (primary N) is 1. The Morgan fingerprint density at radius 3 is 2.43 bits per heavy atom. The quantitative estimate of drug-likeness (QED) is 0.138. The summed E-state index contributed by atoms with van der Waals surface area (Å²) in [7, 11) is 0. The van der Waals surface area contributed by atoms with Gasteiger partial charge in [-0.25, -0.2) is 5.48 Å². The van der Waals surface area contributed by atoms with Crippen molar-refractivity contribution in [1.82, 2.24) is 16.0 Å². The fourth-order valence-corrected chi connectivity index (χ4v) is 3.79. The van der Waals surface area contributed by atoms with Gasteiger partial charge in [0.05, 0.1) is 5.56 Å². The number of amides is 2. The fourth-order valence-electron chi connectivity index (χ4n) is 3.79. The van der Waals surface area contributed by atoms with Gasteiger partial charge in [0.25, 0.3) is 5.91 Å². The van der Waals surface area contributed by atoms with Crippen molar-refractivity contribution >= 4 is 11.8 Å². The van der Waals surface area contributed by atoms with E-state index in [1.54, 1.807) is 11.5 Å². The molecule has 2 aromatic carbocycles. The van der Waals surface area contributed by atoms with E-state index in [0.29, 0.717) is 48.4 Å². The molecule has 3 rings (SSSR count). The Kier molecular flexibility index (Phi) is 8.45. The zero-order chi connectivity index (χ0) is 25.5. The molecule has 0 spiro atoms. The van der Waals surface area contributed by atoms with E-state index in [4.69, 9.17) is 15.5 Å². The molecule has 10 heteroatoms. The van der Waals surface area contributed by atoms with Crippen LogP contribution in [0.1, 0.15) is 59.1 Å². The van der Waals surface area contributed by atoms with Crippen molar-refractivity contribution in [2.75, 3.05) is 6.54 Å². The van der Waals surface area contributed by atoms with Crippen molar-refractivity contribution in [3.8, 4) is 22.6 Å². The third-order valence-corrected chi connectivity index (χ3v) is 5.69. The normalized spacial score (nSPS) is 11.1. The molecule has 1 heterocycles. The number of aryl methyl sites for hydroxylation is 2. The number of phenols is 2. The van der Waals surface area contributed by atoms with Gasteiger partial charge in [0.15, 0.2) is 5.69 Å². The minimum Gasteiger partial charge on any atom is -0.508 e. The number of phenolic OH excluding ortho intramolecular Hbond substituents is 2. The predicted octanol–water partition coefficient (Wildman–Crippen LogP) is 2.75. The Labute approximate surface area is 202 Å². The van der Waals surface area contributed by atoms with Gasteiger partial charge in [0.1, 0.15) is 17.3 Å². The van der Waals surface area contributed by atoms with Gasteiger partial charge in [-0.05, 0) is 40.7 Å². The number of carbonyl (C=O) groups is 2. The summed E-state index contributed by atoms with van der Waals surface area (Å²) < 4.78 is 5.46. The van der Waals surface area contributed by atoms with Crippen molar-refractivity contribution in [2.24, 2.45) is 5.73 Å². The molecule has 0 radical (unpaired) electrons. The number of nitrogens with zero attached hydrogens (tertiary/aromatic N) is 1. The molecule has 35 heavy (non-hydrogen) atoms. The maximum absolute atomic E-state index is 12.0. The number of primary amides is 1. The van der Waals surface area contributed by atoms with Gasteiger partial charge in [-0.3, -0.25) is 14.8 Å². The van der Waals surface area contributed by atoms with Gasteiger partial charge in [-0.2, -0.15) is 0 Å². The lowest BCUT2D eigenvalue weighted by Crippen LogP contribution is -2.24. The lowest BCUT2D eigenvalue weighted by molar-refractivity contribution is -0.129. The van der Waals surface area contributed by atoms with E-state index in [1.165, 1.54) is 6.07 Å². The van der Waals surface area contributed by atoms with Gasteiger partial charge < -0.3 is 25.8 Å². The van der Waals surface area contributed by atoms with E-state index in [0.717, 1.165) is 11.1 Å². The summed E-state index contributed by atoms with van der Waals surface area (Å²) in [6.45, 7) is 4.82. The molecule has 10 nitrogen and oxygen atoms in total. The van der Waals surface area contributed by atoms with E-state index < -0.39 is 11.8 Å². The first kappa shape index (κ1) is 25.7. The van der Waals surface area contributed by atoms with E-state index in [1.807, 2.05) is 38.1 Å². The number of benzene rings is 2. The third kappa shape index (κ3) is 6.37. The summed E-state index contributed by atoms with van der Waals surface area (Å²) >= 11 is 0. The van der Waals surface area contributed by atoms with Crippen LogP contribution in [-0.4, -0.2) is 38.9 Å². The van der Waals surface area contributed by atoms with Gasteiger partial charge in [0, 0.05) is 32.0 Å². The molecule has 0 saturated carbocycles. The SMILES string of the molecule is CC(C)c1cc(CCc2onc(C(N)=O)c2-c2ccc(CNCCC(=O)NO)cc2)c(O)cc1O. The number of hydrogen-bond donors (Lipinski definition) is 6. The maximum atomic E-state index is 12.0. The van der Waals surface area contributed by atoms with Gasteiger partial charge in [-0.15, -0.1) is 0 Å². The number of aromatic hydroxyl groups is 2. The second-order valence-electron chi connectivity index (χ2n) is 8.55. The topological polar surface area (TPSA) is 171 Å². The molecule has 0 atom stereocenters. The lowest BCUT2D eigenvalue weighted by Gasteiger charge is -2.12. The summed E-state index contributed by atoms with van der Waals surface area (Å²) in [6.07, 6.45) is 0.896. The second kappa shape index (κ2) is 11.5. The Morgan fingerprint density at radius 2 is 1.80 bits per heavy atom. The Balaban J connectivity index is 1.78. The van der Waals surface area contributed by atoms with Crippen molar-refractivity contribution in [1.29, 1.82) is 0 Å². The van der Waals surface area contributed by atoms with Gasteiger partial charge >= 0.3 is 0 Å². The molecule has 186 valence electrons. The first-order valence-corrected chi connectivity index (χ1v) is 11.3. The summed E-state index contributed by atoms with van der Waals surface area (Å²) in [5.41, 5.74) is 10.7. The molecular formula is C25H30N4O6. The summed E-state index contributed by atoms with van der Waals surface area (Å²) in [5, 5.41) is 35.9. The second-order valence-corrected chi connectivity index (χ2v) is 8.55. The van der Waals surface area contributed by atoms with Crippen LogP contribution >= 0.6 is 0 Å². The monoisotopic (exact) mass is 482 g/mol. The molecule has 3 aromatic rings. The molecule has 0 aliphatic rings. The standard InChI is InChI=1S/C25H30N4O6/c1-14(2)18-11-17(19(30)12-20(18)31)7-8-21-23(24(25(26)33)29-35-21)16-5-3-15(4-6-16)13-27-10-9-22(32)28-34/h3-6,11-12,14,27,30-31,34H,7-10,13H2,1-2H3,(H2,26,33)(H,28,32). The molecule has 2 amide bonds. The zero-order valence-corrected chi connectivity index (χ0v) is 19.7. The third-order valence-electron chi connectivity index (χ3n) is 5.69. The highest BCUT2D eigenvalue weighted by Gasteiger charge is 2.22. The van der Waals surface area contributed by atoms with Crippen LogP contribution in [0, 0.1) is 0 Å². The van der Waals surface area contributed by atoms with Crippen LogP contribution in [0.4, 0.5) is 0 Å². The molecular weight excluding hydrogens is 452 g/mol. The predicted molar refractivity (Wildman–Crippen MR) is 128 cm³/mol. The maximum Gasteiger partial charge on any atom is 0.271 e. The molecule has 0 aliphatic carbocycles. The van der Waals surface area contributed by atoms with Crippen LogP contribution in [-0.2, 0) is 24.2 Å². The van der Waals surface area contributed by atoms with Crippen molar-refractivity contribution < 1.29 is 29.5 Å². The van der Waals surface area contributed by atoms with Crippen LogP contribution in [0.5, 0.6) is 11.5 Å². The molecule has 0 fully saturated rings. The Bertz CT molecular complexity index is 1190. The average molecular weight is 483 g/mol. The number of hydrogen-bond acceptors (Lipinski definition) is 8. The Hall–Kier alpha value is -3.89. The largest absolute Gasteiger partial charge is 0.508 e. The molecule has 1 aromatic heterocycles. The van der Waals surface area contributed by atoms with Crippen LogP contribution in [0.25, 0.3) is 11.1 Å². The van der Waals surface area contributed by atoms with E-state index in [-0.39, 0.29) is 29.5 Å². The van der Waals surface area contributed by atoms with Crippen molar-refractivity contribution in [2.45, 2.75) is 45.6 Å². The molecule has 0 bridgehead atoms. The minimum absolute atomic E-state index is 0.0172. The average Bonchev–Trinajstić information content (AvgIpc) is 3.25. The number of carbonyl (C=O) groups excluding carboxylic acids is 2. The summed E-state index contributed by atoms with van der Waals surface area (Å²) in [6, 6.07) is 10.5. The summed E-state index contributed by atoms with van der Waals surface area (Å²) in [4.78, 5) is 23.0. The van der Waals surface area contributed by atoms with E-state index in [9.17, 15) is 19.8 Å². The highest BCUT2D eigenvalue weighted by Crippen LogP contribution is 2.34. The first-order valence-electron chi connectivity index (χ1n) is 11.3. The fraction of sp³-hybridized carbons (Fsp3) is 0.320. The first-order chi connectivity index (χ1) is 16.7. The molecule has 7 N–H and O–H groups in total. The van der Waals surface area contributed by atoms with Crippen LogP contribution in [0.15, 0.2) is 40.9 Å². The smallest absolute Gasteiger partial charge is 0.271 e. The highest BCUT2D eigenvalue weighted by molar-refractivity contribution is 5.98. The van der Waals surface area contributed by atoms with E-state index in [2.05, 4.69) is 10.5 Å². The lowest BCUT2D eigenvalue weighted by atomic mass is 9.95. The van der Waals surface area contributed by atoms with Crippen LogP contribution in [0.2, 0.25) is 0 Å². The summed E-state index contributed by atoms with van der Waals surface area (Å²) in [5.74, 6) is -0.611. The Morgan fingerprint density at radius 1 is 1.09 bits per heavy atom. The number of hydroxylamine groups is 1. The number of nitrogens with one attached hydrogen (secondary N) is 2. The molecule has 0 saturated heterocycles. The van der Waals surface area contributed by atoms with Gasteiger partial charge in [-0.1, -0.05) is 43.3 Å². The van der Waals surface area contributed by atoms with Crippen molar-refractivity contribution in [3.63, 3.8) is 0 Å². The zero-order valence-electron chi connectivity index (χ0n) is 19.7. The van der Waals surface area contributed by atoms with Gasteiger partial charge in [0.2, 0.25) is 5.91 Å². The molecule has 0 unspecified atom stereocenters. The molecule has 0 aliphatic heterocycles. The van der Waals surface area contributed by atoms with Crippen LogP contribution in [0.3, 0.4) is 0 Å². The van der Waals surface area contributed by atoms with E-state index >= 15 is 0 Å². The van der Waals surface area contributed by atoms with Crippen LogP contribution < -0.4 is 16.5 Å². The number of aromatic nitrogens is 1. The number of rotatable bonds is 11.